The van der Waals surface area contributed by atoms with Crippen LogP contribution < -0.4 is 5.32 Å². The number of carbonyl (C=O) groups excluding carboxylic acids is 1. The van der Waals surface area contributed by atoms with Crippen molar-refractivity contribution in [1.82, 2.24) is 5.32 Å². The molecule has 1 heterocycles. The molecule has 0 radical (unpaired) electrons. The summed E-state index contributed by atoms with van der Waals surface area (Å²) in [5.74, 6) is 0.615. The second-order valence-electron chi connectivity index (χ2n) is 4.10. The van der Waals surface area contributed by atoms with E-state index in [1.54, 1.807) is 11.8 Å². The molecule has 1 N–H and O–H groups in total. The maximum Gasteiger partial charge on any atom is 0.234 e. The predicted octanol–water partition coefficient (Wildman–Crippen LogP) is 2.21. The number of hydrogen-bond donors (Lipinski definition) is 1. The molecule has 0 unspecified atom stereocenters. The number of thioether (sulfide) groups is 1. The van der Waals surface area contributed by atoms with Gasteiger partial charge in [0.1, 0.15) is 0 Å². The maximum absolute atomic E-state index is 11.2. The monoisotopic (exact) mass is 207 g/mol. The molecule has 1 aliphatic carbocycles. The molecular weight excluding hydrogens is 194 g/mol. The number of allylic oxidation sites excluding steroid dienone is 4. The van der Waals surface area contributed by atoms with Crippen LogP contribution >= 0.6 is 11.8 Å². The van der Waals surface area contributed by atoms with Crippen LogP contribution in [0.5, 0.6) is 0 Å². The number of carbonyl (C=O) groups is 1. The van der Waals surface area contributed by atoms with Crippen molar-refractivity contribution in [3.8, 4) is 0 Å². The Hall–Kier alpha value is -0.960. The van der Waals surface area contributed by atoms with E-state index in [0.29, 0.717) is 5.75 Å². The summed E-state index contributed by atoms with van der Waals surface area (Å²) in [5.41, 5.74) is 1.01. The van der Waals surface area contributed by atoms with Crippen LogP contribution in [-0.4, -0.2) is 11.7 Å². The van der Waals surface area contributed by atoms with E-state index in [0.717, 1.165) is 10.6 Å². The average molecular weight is 207 g/mol. The summed E-state index contributed by atoms with van der Waals surface area (Å²) in [6.07, 6.45) is 8.37. The first-order valence-corrected chi connectivity index (χ1v) is 5.61. The minimum atomic E-state index is 0.0721. The quantitative estimate of drug-likeness (QED) is 0.660. The van der Waals surface area contributed by atoms with E-state index in [4.69, 9.17) is 0 Å². The number of rotatable bonds is 0. The minimum Gasteiger partial charge on any atom is -0.324 e. The highest BCUT2D eigenvalue weighted by Crippen LogP contribution is 2.31. The van der Waals surface area contributed by atoms with Gasteiger partial charge in [0, 0.05) is 10.3 Å². The molecule has 14 heavy (non-hydrogen) atoms. The molecule has 0 aromatic heterocycles. The van der Waals surface area contributed by atoms with Crippen LogP contribution in [0.25, 0.3) is 0 Å². The third kappa shape index (κ3) is 1.93. The molecule has 0 aromatic carbocycles. The van der Waals surface area contributed by atoms with Crippen molar-refractivity contribution in [2.75, 3.05) is 5.75 Å². The smallest absolute Gasteiger partial charge is 0.234 e. The van der Waals surface area contributed by atoms with Gasteiger partial charge in [-0.15, -0.1) is 11.8 Å². The molecule has 2 rings (SSSR count). The molecule has 0 bridgehead atoms. The summed E-state index contributed by atoms with van der Waals surface area (Å²) >= 11 is 1.60. The lowest BCUT2D eigenvalue weighted by Crippen LogP contribution is -2.27. The van der Waals surface area contributed by atoms with Crippen molar-refractivity contribution < 1.29 is 4.79 Å². The van der Waals surface area contributed by atoms with E-state index in [9.17, 15) is 4.79 Å². The van der Waals surface area contributed by atoms with Gasteiger partial charge in [-0.1, -0.05) is 26.0 Å². The van der Waals surface area contributed by atoms with Gasteiger partial charge in [-0.3, -0.25) is 4.79 Å². The van der Waals surface area contributed by atoms with Crippen LogP contribution in [0.2, 0.25) is 0 Å². The van der Waals surface area contributed by atoms with Crippen LogP contribution in [0.4, 0.5) is 0 Å². The Balaban J connectivity index is 2.34. The molecule has 3 heteroatoms. The van der Waals surface area contributed by atoms with Crippen LogP contribution in [-0.2, 0) is 4.79 Å². The van der Waals surface area contributed by atoms with Gasteiger partial charge in [0.2, 0.25) is 5.91 Å². The summed E-state index contributed by atoms with van der Waals surface area (Å²) in [5, 5.41) is 2.88. The Labute approximate surface area is 88.1 Å². The lowest BCUT2D eigenvalue weighted by molar-refractivity contribution is -0.117. The molecule has 0 fully saturated rings. The SMILES string of the molecule is CC1(C)C=CC2=C(C=C1)SCC(=O)N2. The van der Waals surface area contributed by atoms with E-state index in [2.05, 4.69) is 37.4 Å². The second kappa shape index (κ2) is 3.31. The molecule has 2 aliphatic rings. The van der Waals surface area contributed by atoms with Gasteiger partial charge in [0.15, 0.2) is 0 Å². The average Bonchev–Trinajstić information content (AvgIpc) is 2.26. The summed E-state index contributed by atoms with van der Waals surface area (Å²) in [7, 11) is 0. The normalized spacial score (nSPS) is 24.3. The molecule has 0 aromatic rings. The van der Waals surface area contributed by atoms with Crippen molar-refractivity contribution in [1.29, 1.82) is 0 Å². The highest BCUT2D eigenvalue weighted by molar-refractivity contribution is 8.04. The second-order valence-corrected chi connectivity index (χ2v) is 5.12. The molecule has 0 saturated heterocycles. The molecule has 2 nitrogen and oxygen atoms in total. The zero-order valence-corrected chi connectivity index (χ0v) is 9.15. The molecule has 0 atom stereocenters. The third-order valence-corrected chi connectivity index (χ3v) is 3.32. The topological polar surface area (TPSA) is 29.1 Å². The lowest BCUT2D eigenvalue weighted by Gasteiger charge is -2.15. The van der Waals surface area contributed by atoms with Crippen LogP contribution in [0.1, 0.15) is 13.8 Å². The summed E-state index contributed by atoms with van der Waals surface area (Å²) < 4.78 is 0. The van der Waals surface area contributed by atoms with Gasteiger partial charge in [-0.05, 0) is 12.2 Å². The zero-order chi connectivity index (χ0) is 10.2. The van der Waals surface area contributed by atoms with Gasteiger partial charge in [-0.25, -0.2) is 0 Å². The van der Waals surface area contributed by atoms with Gasteiger partial charge >= 0.3 is 0 Å². The first-order chi connectivity index (χ1) is 6.57. The largest absolute Gasteiger partial charge is 0.324 e. The van der Waals surface area contributed by atoms with Gasteiger partial charge in [-0.2, -0.15) is 0 Å². The van der Waals surface area contributed by atoms with Crippen molar-refractivity contribution in [3.05, 3.63) is 34.9 Å². The molecule has 74 valence electrons. The van der Waals surface area contributed by atoms with E-state index in [1.807, 2.05) is 6.08 Å². The summed E-state index contributed by atoms with van der Waals surface area (Å²) in [6, 6.07) is 0. The highest BCUT2D eigenvalue weighted by Gasteiger charge is 2.19. The number of nitrogens with one attached hydrogen (secondary N) is 1. The van der Waals surface area contributed by atoms with E-state index in [1.165, 1.54) is 0 Å². The predicted molar refractivity (Wildman–Crippen MR) is 59.7 cm³/mol. The molecule has 1 amide bonds. The van der Waals surface area contributed by atoms with E-state index < -0.39 is 0 Å². The van der Waals surface area contributed by atoms with Gasteiger partial charge in [0.05, 0.1) is 11.4 Å². The molecule has 0 spiro atoms. The van der Waals surface area contributed by atoms with Crippen molar-refractivity contribution in [2.45, 2.75) is 13.8 Å². The van der Waals surface area contributed by atoms with Gasteiger partial charge < -0.3 is 5.32 Å². The minimum absolute atomic E-state index is 0.0721. The van der Waals surface area contributed by atoms with Crippen molar-refractivity contribution >= 4 is 17.7 Å². The fourth-order valence-corrected chi connectivity index (χ4v) is 2.17. The molecule has 1 aliphatic heterocycles. The van der Waals surface area contributed by atoms with Crippen molar-refractivity contribution in [3.63, 3.8) is 0 Å². The standard InChI is InChI=1S/C11H13NOS/c1-11(2)5-3-8-9(4-6-11)14-7-10(13)12-8/h3-6H,7H2,1-2H3,(H,12,13). The Morgan fingerprint density at radius 3 is 2.86 bits per heavy atom. The number of hydrogen-bond acceptors (Lipinski definition) is 2. The number of amides is 1. The summed E-state index contributed by atoms with van der Waals surface area (Å²) in [6.45, 7) is 4.29. The Bertz CT molecular complexity index is 363. The Kier molecular flexibility index (Phi) is 2.27. The van der Waals surface area contributed by atoms with E-state index >= 15 is 0 Å². The Morgan fingerprint density at radius 2 is 2.07 bits per heavy atom. The maximum atomic E-state index is 11.2. The van der Waals surface area contributed by atoms with Gasteiger partial charge in [0.25, 0.3) is 0 Å². The van der Waals surface area contributed by atoms with Crippen molar-refractivity contribution in [2.24, 2.45) is 5.41 Å². The first kappa shape index (κ1) is 9.59. The van der Waals surface area contributed by atoms with Crippen LogP contribution in [0, 0.1) is 5.41 Å². The molecule has 0 saturated carbocycles. The lowest BCUT2D eigenvalue weighted by atomic mass is 9.93. The zero-order valence-electron chi connectivity index (χ0n) is 8.33. The highest BCUT2D eigenvalue weighted by atomic mass is 32.2. The Morgan fingerprint density at radius 1 is 1.36 bits per heavy atom. The fourth-order valence-electron chi connectivity index (χ4n) is 1.37. The first-order valence-electron chi connectivity index (χ1n) is 4.62. The third-order valence-electron chi connectivity index (χ3n) is 2.24. The van der Waals surface area contributed by atoms with Crippen LogP contribution in [0.3, 0.4) is 0 Å². The van der Waals surface area contributed by atoms with Crippen LogP contribution in [0.15, 0.2) is 34.9 Å². The van der Waals surface area contributed by atoms with E-state index in [-0.39, 0.29) is 11.3 Å². The molecular formula is C11H13NOS. The summed E-state index contributed by atoms with van der Waals surface area (Å²) in [4.78, 5) is 12.3. The fraction of sp³-hybridized carbons (Fsp3) is 0.364.